The van der Waals surface area contributed by atoms with Gasteiger partial charge in [0.05, 0.1) is 18.3 Å². The molecule has 0 amide bonds. The largest absolute Gasteiger partial charge is 0.392 e. The van der Waals surface area contributed by atoms with E-state index >= 15 is 0 Å². The van der Waals surface area contributed by atoms with Crippen molar-refractivity contribution in [3.05, 3.63) is 12.2 Å². The number of hydrogen-bond donors (Lipinski definition) is 1. The van der Waals surface area contributed by atoms with E-state index < -0.39 is 0 Å². The minimum Gasteiger partial charge on any atom is -0.392 e. The van der Waals surface area contributed by atoms with Crippen LogP contribution in [0.15, 0.2) is 12.2 Å². The van der Waals surface area contributed by atoms with Crippen molar-refractivity contribution in [2.75, 3.05) is 0 Å². The summed E-state index contributed by atoms with van der Waals surface area (Å²) in [6.07, 6.45) is 4.03. The van der Waals surface area contributed by atoms with Crippen LogP contribution in [0.2, 0.25) is 0 Å². The molecule has 2 atom stereocenters. The number of fused-ring (bicyclic) bond motifs is 2. The highest BCUT2D eigenvalue weighted by Gasteiger charge is 2.55. The van der Waals surface area contributed by atoms with E-state index in [1.165, 1.54) is 0 Å². The fourth-order valence-electron chi connectivity index (χ4n) is 2.57. The third kappa shape index (κ3) is 1.02. The van der Waals surface area contributed by atoms with Crippen LogP contribution in [0.1, 0.15) is 27.7 Å². The van der Waals surface area contributed by atoms with E-state index in [-0.39, 0.29) is 29.1 Å². The molecule has 1 N–H and O–H groups in total. The minimum atomic E-state index is -0.307. The van der Waals surface area contributed by atoms with Gasteiger partial charge in [-0.25, -0.2) is 0 Å². The molecule has 2 rings (SSSR count). The van der Waals surface area contributed by atoms with Crippen LogP contribution in [-0.2, 0) is 4.74 Å². The molecule has 2 heteroatoms. The first kappa shape index (κ1) is 9.22. The quantitative estimate of drug-likeness (QED) is 0.578. The van der Waals surface area contributed by atoms with Gasteiger partial charge in [0, 0.05) is 10.8 Å². The summed E-state index contributed by atoms with van der Waals surface area (Å²) in [5.74, 6) is 0. The Kier molecular flexibility index (Phi) is 1.68. The highest BCUT2D eigenvalue weighted by Crippen LogP contribution is 2.49. The average Bonchev–Trinajstić information content (AvgIpc) is 2.48. The standard InChI is InChI=1S/C11H18O2/c1-10(2)7-5-6-8(13-7)11(3,4)9(10)12/h5-9,12H,1-4H3. The van der Waals surface area contributed by atoms with Gasteiger partial charge in [-0.15, -0.1) is 0 Å². The molecule has 2 nitrogen and oxygen atoms in total. The van der Waals surface area contributed by atoms with Crippen molar-refractivity contribution in [1.82, 2.24) is 0 Å². The van der Waals surface area contributed by atoms with Crippen LogP contribution in [0, 0.1) is 10.8 Å². The van der Waals surface area contributed by atoms with Crippen molar-refractivity contribution in [3.8, 4) is 0 Å². The Bertz CT molecular complexity index is 229. The van der Waals surface area contributed by atoms with E-state index in [9.17, 15) is 5.11 Å². The average molecular weight is 182 g/mol. The zero-order chi connectivity index (χ0) is 9.85. The molecule has 1 fully saturated rings. The van der Waals surface area contributed by atoms with Gasteiger partial charge in [-0.2, -0.15) is 0 Å². The normalized spacial score (nSPS) is 45.2. The molecule has 2 aliphatic rings. The van der Waals surface area contributed by atoms with E-state index in [2.05, 4.69) is 39.8 Å². The molecule has 0 aliphatic carbocycles. The maximum atomic E-state index is 10.2. The molecular weight excluding hydrogens is 164 g/mol. The first-order valence-corrected chi connectivity index (χ1v) is 4.88. The van der Waals surface area contributed by atoms with Crippen molar-refractivity contribution in [1.29, 1.82) is 0 Å². The van der Waals surface area contributed by atoms with Crippen molar-refractivity contribution >= 4 is 0 Å². The second kappa shape index (κ2) is 2.37. The van der Waals surface area contributed by atoms with Gasteiger partial charge in [0.15, 0.2) is 0 Å². The topological polar surface area (TPSA) is 29.5 Å². The van der Waals surface area contributed by atoms with Crippen molar-refractivity contribution in [2.24, 2.45) is 10.8 Å². The molecule has 0 aromatic carbocycles. The Hall–Kier alpha value is -0.340. The molecule has 0 radical (unpaired) electrons. The van der Waals surface area contributed by atoms with Gasteiger partial charge in [0.1, 0.15) is 0 Å². The van der Waals surface area contributed by atoms with Crippen LogP contribution < -0.4 is 0 Å². The van der Waals surface area contributed by atoms with E-state index in [1.807, 2.05) is 0 Å². The number of aliphatic hydroxyl groups is 1. The lowest BCUT2D eigenvalue weighted by Crippen LogP contribution is -2.56. The van der Waals surface area contributed by atoms with Crippen LogP contribution in [0.4, 0.5) is 0 Å². The lowest BCUT2D eigenvalue weighted by Gasteiger charge is -2.50. The van der Waals surface area contributed by atoms with Gasteiger partial charge in [0.2, 0.25) is 0 Å². The third-order valence-electron chi connectivity index (χ3n) is 3.63. The van der Waals surface area contributed by atoms with Crippen LogP contribution in [0.5, 0.6) is 0 Å². The van der Waals surface area contributed by atoms with Crippen molar-refractivity contribution < 1.29 is 9.84 Å². The molecule has 13 heavy (non-hydrogen) atoms. The van der Waals surface area contributed by atoms with E-state index in [4.69, 9.17) is 4.74 Å². The molecule has 0 saturated carbocycles. The van der Waals surface area contributed by atoms with Gasteiger partial charge >= 0.3 is 0 Å². The Morgan fingerprint density at radius 2 is 1.38 bits per heavy atom. The number of aliphatic hydroxyl groups excluding tert-OH is 1. The summed E-state index contributed by atoms with van der Waals surface area (Å²) < 4.78 is 5.83. The van der Waals surface area contributed by atoms with Gasteiger partial charge in [0.25, 0.3) is 0 Å². The first-order valence-electron chi connectivity index (χ1n) is 4.88. The monoisotopic (exact) mass is 182 g/mol. The molecule has 0 aromatic heterocycles. The Morgan fingerprint density at radius 3 is 1.77 bits per heavy atom. The van der Waals surface area contributed by atoms with Crippen LogP contribution >= 0.6 is 0 Å². The number of ether oxygens (including phenoxy) is 1. The number of hydrogen-bond acceptors (Lipinski definition) is 2. The summed E-state index contributed by atoms with van der Waals surface area (Å²) >= 11 is 0. The fourth-order valence-corrected chi connectivity index (χ4v) is 2.57. The Labute approximate surface area is 79.6 Å². The van der Waals surface area contributed by atoms with Gasteiger partial charge < -0.3 is 9.84 Å². The predicted molar refractivity (Wildman–Crippen MR) is 51.4 cm³/mol. The minimum absolute atomic E-state index is 0.0838. The summed E-state index contributed by atoms with van der Waals surface area (Å²) in [7, 11) is 0. The van der Waals surface area contributed by atoms with Crippen molar-refractivity contribution in [3.63, 3.8) is 0 Å². The predicted octanol–water partition coefficient (Wildman–Crippen LogP) is 1.74. The SMILES string of the molecule is CC1(C)C2C=CC(O2)C(C)(C)C1O. The van der Waals surface area contributed by atoms with Crippen LogP contribution in [0.25, 0.3) is 0 Å². The highest BCUT2D eigenvalue weighted by atomic mass is 16.5. The van der Waals surface area contributed by atoms with Gasteiger partial charge in [-0.05, 0) is 0 Å². The third-order valence-corrected chi connectivity index (χ3v) is 3.63. The molecule has 2 aliphatic heterocycles. The molecule has 0 aromatic rings. The zero-order valence-corrected chi connectivity index (χ0v) is 8.74. The first-order chi connectivity index (χ1) is 5.87. The molecule has 2 unspecified atom stereocenters. The molecular formula is C11H18O2. The second-order valence-electron chi connectivity index (χ2n) is 5.41. The summed E-state index contributed by atoms with van der Waals surface area (Å²) in [5.41, 5.74) is -0.347. The smallest absolute Gasteiger partial charge is 0.0840 e. The van der Waals surface area contributed by atoms with E-state index in [0.717, 1.165) is 0 Å². The maximum Gasteiger partial charge on any atom is 0.0840 e. The van der Waals surface area contributed by atoms with Gasteiger partial charge in [-0.1, -0.05) is 39.8 Å². The second-order valence-corrected chi connectivity index (χ2v) is 5.41. The Balaban J connectivity index is 2.41. The maximum absolute atomic E-state index is 10.2. The van der Waals surface area contributed by atoms with Gasteiger partial charge in [-0.3, -0.25) is 0 Å². The van der Waals surface area contributed by atoms with Crippen LogP contribution in [0.3, 0.4) is 0 Å². The fraction of sp³-hybridized carbons (Fsp3) is 0.818. The lowest BCUT2D eigenvalue weighted by molar-refractivity contribution is -0.199. The van der Waals surface area contributed by atoms with E-state index in [1.54, 1.807) is 0 Å². The molecule has 1 saturated heterocycles. The van der Waals surface area contributed by atoms with E-state index in [0.29, 0.717) is 0 Å². The molecule has 74 valence electrons. The summed E-state index contributed by atoms with van der Waals surface area (Å²) in [6.45, 7) is 8.26. The lowest BCUT2D eigenvalue weighted by atomic mass is 9.66. The molecule has 2 bridgehead atoms. The summed E-state index contributed by atoms with van der Waals surface area (Å²) in [6, 6.07) is 0. The highest BCUT2D eigenvalue weighted by molar-refractivity contribution is 5.18. The zero-order valence-electron chi connectivity index (χ0n) is 8.74. The Morgan fingerprint density at radius 1 is 1.00 bits per heavy atom. The van der Waals surface area contributed by atoms with Crippen molar-refractivity contribution in [2.45, 2.75) is 46.0 Å². The van der Waals surface area contributed by atoms with Crippen LogP contribution in [-0.4, -0.2) is 23.4 Å². The summed E-state index contributed by atoms with van der Waals surface area (Å²) in [4.78, 5) is 0. The number of rotatable bonds is 0. The molecule has 0 spiro atoms. The summed E-state index contributed by atoms with van der Waals surface area (Å²) in [5, 5.41) is 10.2. The molecule has 2 heterocycles.